The number of halogens is 4. The Kier molecular flexibility index (Phi) is 5.17. The van der Waals surface area contributed by atoms with Gasteiger partial charge in [0.25, 0.3) is 0 Å². The van der Waals surface area contributed by atoms with Crippen LogP contribution in [0.25, 0.3) is 0 Å². The Hall–Kier alpha value is -1.20. The lowest BCUT2D eigenvalue weighted by Gasteiger charge is -2.36. The molecule has 6 heteroatoms. The zero-order valence-electron chi connectivity index (χ0n) is 12.3. The van der Waals surface area contributed by atoms with Gasteiger partial charge in [0.2, 0.25) is 0 Å². The van der Waals surface area contributed by atoms with Crippen molar-refractivity contribution in [3.8, 4) is 0 Å². The summed E-state index contributed by atoms with van der Waals surface area (Å²) in [6.07, 6.45) is 0. The minimum absolute atomic E-state index is 0.399. The fourth-order valence-electron chi connectivity index (χ4n) is 2.96. The quantitative estimate of drug-likeness (QED) is 0.883. The minimum atomic E-state index is -0.595. The number of piperazine rings is 1. The van der Waals surface area contributed by atoms with Gasteiger partial charge in [-0.2, -0.15) is 0 Å². The summed E-state index contributed by atoms with van der Waals surface area (Å²) in [4.78, 5) is 2.13. The molecule has 1 aliphatic rings. The highest BCUT2D eigenvalue weighted by Crippen LogP contribution is 2.37. The van der Waals surface area contributed by atoms with Crippen molar-refractivity contribution in [3.63, 3.8) is 0 Å². The third-order valence-corrected chi connectivity index (χ3v) is 4.88. The zero-order valence-corrected chi connectivity index (χ0v) is 13.8. The molecule has 1 unspecified atom stereocenters. The van der Waals surface area contributed by atoms with E-state index in [0.29, 0.717) is 15.6 Å². The van der Waals surface area contributed by atoms with Crippen LogP contribution < -0.4 is 5.32 Å². The zero-order chi connectivity index (χ0) is 16.4. The molecule has 1 atom stereocenters. The van der Waals surface area contributed by atoms with E-state index < -0.39 is 17.7 Å². The maximum atomic E-state index is 14.4. The lowest BCUT2D eigenvalue weighted by Crippen LogP contribution is -2.45. The van der Waals surface area contributed by atoms with Crippen LogP contribution in [0, 0.1) is 11.6 Å². The molecule has 1 aliphatic heterocycles. The molecule has 1 N–H and O–H groups in total. The monoisotopic (exact) mass is 356 g/mol. The van der Waals surface area contributed by atoms with Gasteiger partial charge in [0.1, 0.15) is 11.6 Å². The highest BCUT2D eigenvalue weighted by atomic mass is 35.5. The first-order valence-electron chi connectivity index (χ1n) is 7.41. The lowest BCUT2D eigenvalue weighted by atomic mass is 9.95. The predicted molar refractivity (Wildman–Crippen MR) is 89.1 cm³/mol. The maximum absolute atomic E-state index is 14.4. The van der Waals surface area contributed by atoms with Crippen LogP contribution in [-0.4, -0.2) is 31.1 Å². The Morgan fingerprint density at radius 3 is 2.43 bits per heavy atom. The molecule has 0 radical (unpaired) electrons. The van der Waals surface area contributed by atoms with Gasteiger partial charge in [-0.05, 0) is 17.7 Å². The standard InChI is InChI=1S/C17H16Cl2F2N2/c18-14-3-1-2-13(16(14)19)17(23-8-6-22-7-9-23)12-5-4-11(20)10-15(12)21/h1-5,10,17,22H,6-9H2. The normalized spacial score (nSPS) is 17.2. The maximum Gasteiger partial charge on any atom is 0.131 e. The molecule has 0 aromatic heterocycles. The van der Waals surface area contributed by atoms with Gasteiger partial charge in [0.05, 0.1) is 16.1 Å². The number of nitrogens with zero attached hydrogens (tertiary/aromatic N) is 1. The van der Waals surface area contributed by atoms with Crippen molar-refractivity contribution in [2.24, 2.45) is 0 Å². The third-order valence-electron chi connectivity index (χ3n) is 4.05. The van der Waals surface area contributed by atoms with E-state index in [2.05, 4.69) is 10.2 Å². The second-order valence-electron chi connectivity index (χ2n) is 5.50. The summed E-state index contributed by atoms with van der Waals surface area (Å²) in [6.45, 7) is 3.09. The van der Waals surface area contributed by atoms with Crippen LogP contribution in [0.1, 0.15) is 17.2 Å². The molecule has 0 spiro atoms. The van der Waals surface area contributed by atoms with E-state index in [0.717, 1.165) is 37.8 Å². The van der Waals surface area contributed by atoms with E-state index in [4.69, 9.17) is 23.2 Å². The molecule has 1 saturated heterocycles. The Balaban J connectivity index is 2.11. The van der Waals surface area contributed by atoms with Crippen molar-refractivity contribution >= 4 is 23.2 Å². The van der Waals surface area contributed by atoms with Crippen molar-refractivity contribution in [3.05, 3.63) is 69.2 Å². The number of benzene rings is 2. The highest BCUT2D eigenvalue weighted by Gasteiger charge is 2.28. The second kappa shape index (κ2) is 7.14. The molecular formula is C17H16Cl2F2N2. The molecule has 2 aromatic carbocycles. The van der Waals surface area contributed by atoms with E-state index >= 15 is 0 Å². The largest absolute Gasteiger partial charge is 0.314 e. The Morgan fingerprint density at radius 2 is 1.74 bits per heavy atom. The van der Waals surface area contributed by atoms with Gasteiger partial charge in [0, 0.05) is 37.8 Å². The first-order valence-corrected chi connectivity index (χ1v) is 8.17. The summed E-state index contributed by atoms with van der Waals surface area (Å²) < 4.78 is 27.7. The Morgan fingerprint density at radius 1 is 1.00 bits per heavy atom. The molecule has 1 heterocycles. The number of hydrogen-bond donors (Lipinski definition) is 1. The van der Waals surface area contributed by atoms with Crippen LogP contribution in [0.3, 0.4) is 0 Å². The van der Waals surface area contributed by atoms with Crippen molar-refractivity contribution in [1.29, 1.82) is 0 Å². The van der Waals surface area contributed by atoms with E-state index in [1.807, 2.05) is 6.07 Å². The van der Waals surface area contributed by atoms with Gasteiger partial charge in [-0.3, -0.25) is 4.90 Å². The Labute approximate surface area is 144 Å². The van der Waals surface area contributed by atoms with Crippen LogP contribution >= 0.6 is 23.2 Å². The lowest BCUT2D eigenvalue weighted by molar-refractivity contribution is 0.195. The van der Waals surface area contributed by atoms with Gasteiger partial charge in [-0.1, -0.05) is 41.4 Å². The first-order chi connectivity index (χ1) is 11.1. The molecule has 1 fully saturated rings. The van der Waals surface area contributed by atoms with Gasteiger partial charge in [-0.15, -0.1) is 0 Å². The average molecular weight is 357 g/mol. The van der Waals surface area contributed by atoms with Crippen molar-refractivity contribution in [2.45, 2.75) is 6.04 Å². The van der Waals surface area contributed by atoms with Gasteiger partial charge >= 0.3 is 0 Å². The van der Waals surface area contributed by atoms with E-state index in [1.165, 1.54) is 12.1 Å². The average Bonchev–Trinajstić information content (AvgIpc) is 2.54. The topological polar surface area (TPSA) is 15.3 Å². The predicted octanol–water partition coefficient (Wildman–Crippen LogP) is 4.27. The number of hydrogen-bond acceptors (Lipinski definition) is 2. The van der Waals surface area contributed by atoms with Gasteiger partial charge in [0.15, 0.2) is 0 Å². The highest BCUT2D eigenvalue weighted by molar-refractivity contribution is 6.42. The van der Waals surface area contributed by atoms with Crippen LogP contribution in [-0.2, 0) is 0 Å². The second-order valence-corrected chi connectivity index (χ2v) is 6.28. The summed E-state index contributed by atoms with van der Waals surface area (Å²) in [7, 11) is 0. The molecular weight excluding hydrogens is 341 g/mol. The van der Waals surface area contributed by atoms with E-state index in [9.17, 15) is 8.78 Å². The number of nitrogens with one attached hydrogen (secondary N) is 1. The minimum Gasteiger partial charge on any atom is -0.314 e. The third kappa shape index (κ3) is 3.50. The summed E-state index contributed by atoms with van der Waals surface area (Å²) >= 11 is 12.5. The SMILES string of the molecule is Fc1ccc(C(c2cccc(Cl)c2Cl)N2CCNCC2)c(F)c1. The van der Waals surface area contributed by atoms with Crippen molar-refractivity contribution in [2.75, 3.05) is 26.2 Å². The molecule has 3 rings (SSSR count). The molecule has 0 bridgehead atoms. The molecule has 2 nitrogen and oxygen atoms in total. The summed E-state index contributed by atoms with van der Waals surface area (Å²) in [5.41, 5.74) is 1.13. The van der Waals surface area contributed by atoms with Crippen LogP contribution in [0.5, 0.6) is 0 Å². The van der Waals surface area contributed by atoms with Crippen molar-refractivity contribution < 1.29 is 8.78 Å². The van der Waals surface area contributed by atoms with E-state index in [-0.39, 0.29) is 0 Å². The van der Waals surface area contributed by atoms with Crippen LogP contribution in [0.15, 0.2) is 36.4 Å². The fourth-order valence-corrected chi connectivity index (χ4v) is 3.37. The summed E-state index contributed by atoms with van der Waals surface area (Å²) in [5.74, 6) is -1.17. The van der Waals surface area contributed by atoms with Gasteiger partial charge < -0.3 is 5.32 Å². The van der Waals surface area contributed by atoms with Crippen LogP contribution in [0.4, 0.5) is 8.78 Å². The summed E-state index contributed by atoms with van der Waals surface area (Å²) in [6, 6.07) is 8.58. The summed E-state index contributed by atoms with van der Waals surface area (Å²) in [5, 5.41) is 4.09. The van der Waals surface area contributed by atoms with E-state index in [1.54, 1.807) is 12.1 Å². The molecule has 23 heavy (non-hydrogen) atoms. The molecule has 0 saturated carbocycles. The smallest absolute Gasteiger partial charge is 0.131 e. The molecule has 0 amide bonds. The van der Waals surface area contributed by atoms with Crippen molar-refractivity contribution in [1.82, 2.24) is 10.2 Å². The molecule has 122 valence electrons. The van der Waals surface area contributed by atoms with Crippen LogP contribution in [0.2, 0.25) is 10.0 Å². The molecule has 0 aliphatic carbocycles. The van der Waals surface area contributed by atoms with Gasteiger partial charge in [-0.25, -0.2) is 8.78 Å². The fraction of sp³-hybridized carbons (Fsp3) is 0.294. The molecule has 2 aromatic rings. The Bertz CT molecular complexity index is 703. The first kappa shape index (κ1) is 16.7. The number of rotatable bonds is 3.